The molecular weight excluding hydrogens is 372 g/mol. The van der Waals surface area contributed by atoms with E-state index in [1.54, 1.807) is 11.3 Å². The van der Waals surface area contributed by atoms with Crippen LogP contribution in [0.1, 0.15) is 30.5 Å². The lowest BCUT2D eigenvalue weighted by Gasteiger charge is -2.17. The van der Waals surface area contributed by atoms with Gasteiger partial charge in [0.1, 0.15) is 5.82 Å². The minimum absolute atomic E-state index is 0.174. The predicted octanol–water partition coefficient (Wildman–Crippen LogP) is 4.78. The van der Waals surface area contributed by atoms with Crippen molar-refractivity contribution in [1.29, 1.82) is 0 Å². The van der Waals surface area contributed by atoms with Crippen LogP contribution >= 0.6 is 33.9 Å². The molecule has 0 amide bonds. The first-order valence-electron chi connectivity index (χ1n) is 6.40. The molecule has 0 spiro atoms. The first-order valence-corrected chi connectivity index (χ1v) is 8.36. The Bertz CT molecular complexity index is 509. The average Bonchev–Trinajstić information content (AvgIpc) is 2.83. The van der Waals surface area contributed by atoms with Crippen LogP contribution in [0.5, 0.6) is 0 Å². The summed E-state index contributed by atoms with van der Waals surface area (Å²) in [6.07, 6.45) is 2.01. The van der Waals surface area contributed by atoms with Gasteiger partial charge in [-0.25, -0.2) is 4.39 Å². The van der Waals surface area contributed by atoms with E-state index in [1.165, 1.54) is 20.6 Å². The van der Waals surface area contributed by atoms with Gasteiger partial charge in [-0.05, 0) is 76.7 Å². The third-order valence-electron chi connectivity index (χ3n) is 2.98. The maximum absolute atomic E-state index is 12.9. The molecule has 1 atom stereocenters. The molecule has 1 nitrogen and oxygen atoms in total. The van der Waals surface area contributed by atoms with Gasteiger partial charge >= 0.3 is 0 Å². The zero-order chi connectivity index (χ0) is 13.7. The third kappa shape index (κ3) is 4.54. The number of benzene rings is 1. The van der Waals surface area contributed by atoms with Gasteiger partial charge in [0, 0.05) is 6.04 Å². The summed E-state index contributed by atoms with van der Waals surface area (Å²) in [5, 5.41) is 5.78. The van der Waals surface area contributed by atoms with Gasteiger partial charge in [0.25, 0.3) is 0 Å². The van der Waals surface area contributed by atoms with Crippen LogP contribution in [0.3, 0.4) is 0 Å². The molecule has 0 aliphatic heterocycles. The monoisotopic (exact) mass is 389 g/mol. The lowest BCUT2D eigenvalue weighted by Crippen LogP contribution is -2.23. The molecule has 19 heavy (non-hydrogen) atoms. The highest BCUT2D eigenvalue weighted by molar-refractivity contribution is 14.1. The normalized spacial score (nSPS) is 12.6. The summed E-state index contributed by atoms with van der Waals surface area (Å²) in [6.45, 7) is 3.16. The van der Waals surface area contributed by atoms with Crippen LogP contribution in [0.4, 0.5) is 4.39 Å². The Hall–Kier alpha value is -0.460. The van der Waals surface area contributed by atoms with E-state index >= 15 is 0 Å². The Balaban J connectivity index is 2.11. The van der Waals surface area contributed by atoms with Crippen LogP contribution in [0.15, 0.2) is 35.7 Å². The van der Waals surface area contributed by atoms with Crippen LogP contribution < -0.4 is 5.32 Å². The van der Waals surface area contributed by atoms with Gasteiger partial charge < -0.3 is 5.32 Å². The van der Waals surface area contributed by atoms with Crippen LogP contribution in [0.2, 0.25) is 0 Å². The maximum atomic E-state index is 12.9. The number of hydrogen-bond acceptors (Lipinski definition) is 2. The molecule has 0 aliphatic carbocycles. The lowest BCUT2D eigenvalue weighted by atomic mass is 10.0. The number of hydrogen-bond donors (Lipinski definition) is 1. The summed E-state index contributed by atoms with van der Waals surface area (Å²) >= 11 is 4.11. The van der Waals surface area contributed by atoms with Gasteiger partial charge in [0.2, 0.25) is 0 Å². The van der Waals surface area contributed by atoms with Gasteiger partial charge in [-0.1, -0.05) is 19.1 Å². The first kappa shape index (κ1) is 14.9. The summed E-state index contributed by atoms with van der Waals surface area (Å²) < 4.78 is 14.2. The van der Waals surface area contributed by atoms with E-state index in [1.807, 2.05) is 12.1 Å². The Morgan fingerprint density at radius 2 is 2.05 bits per heavy atom. The number of nitrogens with one attached hydrogen (secondary N) is 1. The second kappa shape index (κ2) is 7.36. The van der Waals surface area contributed by atoms with E-state index in [-0.39, 0.29) is 5.82 Å². The summed E-state index contributed by atoms with van der Waals surface area (Å²) in [7, 11) is 0. The van der Waals surface area contributed by atoms with Crippen molar-refractivity contribution in [2.75, 3.05) is 6.54 Å². The van der Waals surface area contributed by atoms with Gasteiger partial charge in [-0.15, -0.1) is 11.3 Å². The van der Waals surface area contributed by atoms with Crippen LogP contribution in [0.25, 0.3) is 0 Å². The zero-order valence-electron chi connectivity index (χ0n) is 10.8. The highest BCUT2D eigenvalue weighted by Gasteiger charge is 2.13. The topological polar surface area (TPSA) is 12.0 Å². The maximum Gasteiger partial charge on any atom is 0.123 e. The molecule has 4 heteroatoms. The second-order valence-corrected chi connectivity index (χ2v) is 7.33. The number of halogens is 2. The summed E-state index contributed by atoms with van der Waals surface area (Å²) in [6, 6.07) is 9.33. The standard InChI is InChI=1S/C15H17FINS/c1-2-7-18-14(12-9-15(17)19-10-12)8-11-3-5-13(16)6-4-11/h3-6,9-10,14,18H,2,7-8H2,1H3. The minimum atomic E-state index is -0.174. The quantitative estimate of drug-likeness (QED) is 0.702. The molecule has 0 saturated carbocycles. The van der Waals surface area contributed by atoms with Crippen molar-refractivity contribution in [3.05, 3.63) is 55.5 Å². The molecule has 0 bridgehead atoms. The van der Waals surface area contributed by atoms with Crippen molar-refractivity contribution >= 4 is 33.9 Å². The fourth-order valence-corrected chi connectivity index (χ4v) is 3.41. The average molecular weight is 389 g/mol. The van der Waals surface area contributed by atoms with E-state index in [2.05, 4.69) is 46.3 Å². The Morgan fingerprint density at radius 1 is 1.32 bits per heavy atom. The highest BCUT2D eigenvalue weighted by atomic mass is 127. The van der Waals surface area contributed by atoms with Gasteiger partial charge in [-0.3, -0.25) is 0 Å². The predicted molar refractivity (Wildman–Crippen MR) is 88.2 cm³/mol. The molecule has 2 aromatic rings. The van der Waals surface area contributed by atoms with Gasteiger partial charge in [0.15, 0.2) is 0 Å². The molecule has 0 radical (unpaired) electrons. The van der Waals surface area contributed by atoms with Crippen molar-refractivity contribution in [3.8, 4) is 0 Å². The van der Waals surface area contributed by atoms with Crippen molar-refractivity contribution in [2.45, 2.75) is 25.8 Å². The summed E-state index contributed by atoms with van der Waals surface area (Å²) in [4.78, 5) is 0. The molecule has 2 rings (SSSR count). The molecule has 1 N–H and O–H groups in total. The highest BCUT2D eigenvalue weighted by Crippen LogP contribution is 2.25. The van der Waals surface area contributed by atoms with Crippen LogP contribution in [0, 0.1) is 8.70 Å². The summed E-state index contributed by atoms with van der Waals surface area (Å²) in [5.74, 6) is -0.174. The molecule has 1 aromatic heterocycles. The van der Waals surface area contributed by atoms with E-state index in [0.717, 1.165) is 24.9 Å². The Morgan fingerprint density at radius 3 is 2.63 bits per heavy atom. The fraction of sp³-hybridized carbons (Fsp3) is 0.333. The van der Waals surface area contributed by atoms with E-state index in [9.17, 15) is 4.39 Å². The zero-order valence-corrected chi connectivity index (χ0v) is 13.8. The van der Waals surface area contributed by atoms with E-state index in [0.29, 0.717) is 6.04 Å². The minimum Gasteiger partial charge on any atom is -0.310 e. The Kier molecular flexibility index (Phi) is 5.78. The largest absolute Gasteiger partial charge is 0.310 e. The van der Waals surface area contributed by atoms with Crippen LogP contribution in [-0.2, 0) is 6.42 Å². The molecule has 0 saturated heterocycles. The molecule has 1 heterocycles. The van der Waals surface area contributed by atoms with Gasteiger partial charge in [0.05, 0.1) is 2.88 Å². The van der Waals surface area contributed by atoms with Crippen LogP contribution in [-0.4, -0.2) is 6.54 Å². The van der Waals surface area contributed by atoms with E-state index < -0.39 is 0 Å². The number of rotatable bonds is 6. The second-order valence-electron chi connectivity index (χ2n) is 4.52. The van der Waals surface area contributed by atoms with E-state index in [4.69, 9.17) is 0 Å². The molecule has 1 unspecified atom stereocenters. The lowest BCUT2D eigenvalue weighted by molar-refractivity contribution is 0.530. The Labute approximate surface area is 131 Å². The molecule has 1 aromatic carbocycles. The van der Waals surface area contributed by atoms with Crippen molar-refractivity contribution in [3.63, 3.8) is 0 Å². The van der Waals surface area contributed by atoms with Crippen molar-refractivity contribution in [2.24, 2.45) is 0 Å². The van der Waals surface area contributed by atoms with Gasteiger partial charge in [-0.2, -0.15) is 0 Å². The third-order valence-corrected chi connectivity index (χ3v) is 4.79. The fourth-order valence-electron chi connectivity index (χ4n) is 1.99. The molecule has 0 aliphatic rings. The SMILES string of the molecule is CCCNC(Cc1ccc(F)cc1)c1csc(I)c1. The first-order chi connectivity index (χ1) is 9.19. The summed E-state index contributed by atoms with van der Waals surface area (Å²) in [5.41, 5.74) is 2.49. The molecule has 0 fully saturated rings. The molecular formula is C15H17FINS. The van der Waals surface area contributed by atoms with Crippen molar-refractivity contribution in [1.82, 2.24) is 5.32 Å². The number of thiophene rings is 1. The van der Waals surface area contributed by atoms with Crippen molar-refractivity contribution < 1.29 is 4.39 Å². The smallest absolute Gasteiger partial charge is 0.123 e. The molecule has 102 valence electrons.